The first-order chi connectivity index (χ1) is 18.0. The van der Waals surface area contributed by atoms with E-state index in [2.05, 4.69) is 14.7 Å². The first-order valence-corrected chi connectivity index (χ1v) is 11.7. The van der Waals surface area contributed by atoms with Crippen LogP contribution in [0.5, 0.6) is 5.75 Å². The third-order valence-corrected chi connectivity index (χ3v) is 6.70. The summed E-state index contributed by atoms with van der Waals surface area (Å²) in [6.45, 7) is -2.54. The van der Waals surface area contributed by atoms with Crippen LogP contribution in [-0.4, -0.2) is 33.9 Å². The van der Waals surface area contributed by atoms with Gasteiger partial charge in [-0.2, -0.15) is 8.78 Å². The van der Waals surface area contributed by atoms with Crippen LogP contribution in [-0.2, 0) is 11.3 Å². The van der Waals surface area contributed by atoms with E-state index in [1.165, 1.54) is 12.1 Å². The van der Waals surface area contributed by atoms with Crippen molar-refractivity contribution in [1.29, 1.82) is 0 Å². The number of halogens is 3. The van der Waals surface area contributed by atoms with Crippen molar-refractivity contribution < 1.29 is 27.1 Å². The summed E-state index contributed by atoms with van der Waals surface area (Å²) < 4.78 is 51.5. The van der Waals surface area contributed by atoms with Gasteiger partial charge < -0.3 is 14.1 Å². The number of rotatable bonds is 6. The maximum absolute atomic E-state index is 15.0. The molecule has 6 nitrogen and oxygen atoms in total. The Bertz CT molecular complexity index is 1620. The monoisotopic (exact) mass is 503 g/mol. The van der Waals surface area contributed by atoms with E-state index in [-0.39, 0.29) is 36.1 Å². The van der Waals surface area contributed by atoms with Gasteiger partial charge in [-0.05, 0) is 35.4 Å². The second-order valence-corrected chi connectivity index (χ2v) is 8.93. The molecule has 0 aliphatic carbocycles. The summed E-state index contributed by atoms with van der Waals surface area (Å²) in [5.74, 6) is -0.843. The van der Waals surface area contributed by atoms with Crippen molar-refractivity contribution >= 4 is 27.8 Å². The quantitative estimate of drug-likeness (QED) is 0.272. The van der Waals surface area contributed by atoms with Gasteiger partial charge in [0.15, 0.2) is 11.3 Å². The number of nitrogens with zero attached hydrogens (tertiary/aromatic N) is 3. The number of aromatic nitrogens is 2. The molecule has 1 atom stereocenters. The molecule has 0 bridgehead atoms. The molecule has 1 aliphatic rings. The minimum absolute atomic E-state index is 0.0816. The fraction of sp³-hybridized carbons (Fsp3) is 0.179. The van der Waals surface area contributed by atoms with Crippen molar-refractivity contribution in [1.82, 2.24) is 14.9 Å². The zero-order valence-corrected chi connectivity index (χ0v) is 19.4. The van der Waals surface area contributed by atoms with Gasteiger partial charge in [-0.1, -0.05) is 24.3 Å². The van der Waals surface area contributed by atoms with Gasteiger partial charge in [0.05, 0.1) is 0 Å². The summed E-state index contributed by atoms with van der Waals surface area (Å²) in [6.07, 6.45) is 6.67. The molecule has 2 aromatic carbocycles. The van der Waals surface area contributed by atoms with Gasteiger partial charge in [-0.15, -0.1) is 0 Å². The lowest BCUT2D eigenvalue weighted by atomic mass is 9.93. The van der Waals surface area contributed by atoms with Crippen LogP contribution in [0, 0.1) is 5.82 Å². The molecule has 1 aliphatic heterocycles. The largest absolute Gasteiger partial charge is 0.452 e. The second-order valence-electron chi connectivity index (χ2n) is 8.93. The first kappa shape index (κ1) is 23.0. The summed E-state index contributed by atoms with van der Waals surface area (Å²) in [5.41, 5.74) is 3.35. The first-order valence-electron chi connectivity index (χ1n) is 11.7. The number of benzene rings is 2. The molecule has 186 valence electrons. The number of ether oxygens (including phenoxy) is 1. The van der Waals surface area contributed by atoms with Gasteiger partial charge in [0.1, 0.15) is 11.4 Å². The van der Waals surface area contributed by atoms with E-state index in [9.17, 15) is 18.0 Å². The van der Waals surface area contributed by atoms with Gasteiger partial charge in [0.25, 0.3) is 0 Å². The van der Waals surface area contributed by atoms with Crippen LogP contribution >= 0.6 is 0 Å². The third-order valence-electron chi connectivity index (χ3n) is 6.70. The molecule has 1 fully saturated rings. The van der Waals surface area contributed by atoms with E-state index in [0.717, 1.165) is 11.1 Å². The molecule has 4 heterocycles. The van der Waals surface area contributed by atoms with Crippen LogP contribution in [0.3, 0.4) is 0 Å². The zero-order valence-electron chi connectivity index (χ0n) is 19.4. The highest BCUT2D eigenvalue weighted by Crippen LogP contribution is 2.42. The summed E-state index contributed by atoms with van der Waals surface area (Å²) in [4.78, 5) is 22.8. The number of fused-ring (bicyclic) bond motifs is 3. The molecular formula is C28H20F3N3O3. The molecule has 0 saturated carbocycles. The number of amides is 1. The average Bonchev–Trinajstić information content (AvgIpc) is 3.47. The van der Waals surface area contributed by atoms with Gasteiger partial charge in [0, 0.05) is 72.1 Å². The van der Waals surface area contributed by atoms with E-state index in [0.29, 0.717) is 34.0 Å². The molecule has 0 N–H and O–H groups in total. The van der Waals surface area contributed by atoms with E-state index < -0.39 is 12.4 Å². The Kier molecular flexibility index (Phi) is 5.75. The molecule has 0 radical (unpaired) electrons. The van der Waals surface area contributed by atoms with Crippen molar-refractivity contribution in [3.63, 3.8) is 0 Å². The van der Waals surface area contributed by atoms with Crippen LogP contribution in [0.2, 0.25) is 0 Å². The van der Waals surface area contributed by atoms with E-state index >= 15 is 0 Å². The molecule has 1 amide bonds. The molecule has 6 rings (SSSR count). The van der Waals surface area contributed by atoms with Crippen molar-refractivity contribution in [3.8, 4) is 16.9 Å². The number of furan rings is 1. The standard InChI is InChI=1S/C28H20F3N3O3/c29-22-10-16(17-2-1-8-32-12-17)3-4-18(22)14-34-15-19(11-25(34)35)20-5-6-24(37-28(30)31)27-26(20)21-13-33-9-7-23(21)36-27/h1-10,12-13,19,28H,11,14-15H2. The fourth-order valence-corrected chi connectivity index (χ4v) is 4.98. The fourth-order valence-electron chi connectivity index (χ4n) is 4.98. The summed E-state index contributed by atoms with van der Waals surface area (Å²) in [6, 6.07) is 13.3. The van der Waals surface area contributed by atoms with Crippen LogP contribution in [0.15, 0.2) is 77.7 Å². The predicted molar refractivity (Wildman–Crippen MR) is 131 cm³/mol. The van der Waals surface area contributed by atoms with Gasteiger partial charge >= 0.3 is 6.61 Å². The van der Waals surface area contributed by atoms with E-state index in [4.69, 9.17) is 4.42 Å². The minimum atomic E-state index is -3.01. The lowest BCUT2D eigenvalue weighted by Crippen LogP contribution is -2.25. The highest BCUT2D eigenvalue weighted by molar-refractivity contribution is 6.08. The Hall–Kier alpha value is -4.40. The van der Waals surface area contributed by atoms with Crippen LogP contribution < -0.4 is 4.74 Å². The number of alkyl halides is 2. The number of pyridine rings is 2. The van der Waals surface area contributed by atoms with Gasteiger partial charge in [0.2, 0.25) is 5.91 Å². The highest BCUT2D eigenvalue weighted by atomic mass is 19.3. The maximum atomic E-state index is 15.0. The van der Waals surface area contributed by atoms with Crippen LogP contribution in [0.4, 0.5) is 13.2 Å². The lowest BCUT2D eigenvalue weighted by Gasteiger charge is -2.18. The summed E-state index contributed by atoms with van der Waals surface area (Å²) >= 11 is 0. The molecule has 37 heavy (non-hydrogen) atoms. The van der Waals surface area contributed by atoms with E-state index in [1.807, 2.05) is 12.1 Å². The molecule has 3 aromatic heterocycles. The predicted octanol–water partition coefficient (Wildman–Crippen LogP) is 6.30. The molecule has 9 heteroatoms. The average molecular weight is 503 g/mol. The number of hydrogen-bond acceptors (Lipinski definition) is 5. The number of likely N-dealkylation sites (tertiary alicyclic amines) is 1. The molecule has 0 spiro atoms. The molecule has 5 aromatic rings. The van der Waals surface area contributed by atoms with Crippen LogP contribution in [0.25, 0.3) is 33.1 Å². The van der Waals surface area contributed by atoms with Crippen molar-refractivity contribution in [2.45, 2.75) is 25.5 Å². The Morgan fingerprint density at radius 3 is 2.70 bits per heavy atom. The zero-order chi connectivity index (χ0) is 25.5. The maximum Gasteiger partial charge on any atom is 0.387 e. The van der Waals surface area contributed by atoms with Crippen molar-refractivity contribution in [2.24, 2.45) is 0 Å². The smallest absolute Gasteiger partial charge is 0.387 e. The van der Waals surface area contributed by atoms with Crippen molar-refractivity contribution in [3.05, 3.63) is 90.3 Å². The second kappa shape index (κ2) is 9.24. The topological polar surface area (TPSA) is 68.5 Å². The number of carbonyl (C=O) groups excluding carboxylic acids is 1. The summed E-state index contributed by atoms with van der Waals surface area (Å²) in [7, 11) is 0. The minimum Gasteiger partial charge on any atom is -0.452 e. The van der Waals surface area contributed by atoms with E-state index in [1.54, 1.807) is 54.0 Å². The Labute approximate surface area is 209 Å². The molecular weight excluding hydrogens is 483 g/mol. The van der Waals surface area contributed by atoms with Crippen LogP contribution in [0.1, 0.15) is 23.5 Å². The van der Waals surface area contributed by atoms with Gasteiger partial charge in [-0.3, -0.25) is 14.8 Å². The lowest BCUT2D eigenvalue weighted by molar-refractivity contribution is -0.128. The summed E-state index contributed by atoms with van der Waals surface area (Å²) in [5, 5.41) is 1.24. The molecule has 1 saturated heterocycles. The molecule has 1 unspecified atom stereocenters. The normalized spacial score (nSPS) is 15.8. The van der Waals surface area contributed by atoms with Gasteiger partial charge in [-0.25, -0.2) is 4.39 Å². The number of carbonyl (C=O) groups is 1. The third kappa shape index (κ3) is 4.26. The van der Waals surface area contributed by atoms with Crippen molar-refractivity contribution in [2.75, 3.05) is 6.54 Å². The Morgan fingerprint density at radius 1 is 1.05 bits per heavy atom. The Morgan fingerprint density at radius 2 is 1.92 bits per heavy atom. The highest BCUT2D eigenvalue weighted by Gasteiger charge is 2.33. The SMILES string of the molecule is O=C1CC(c2ccc(OC(F)F)c3oc4ccncc4c23)CN1Cc1ccc(-c2cccnc2)cc1F. The Balaban J connectivity index is 1.30. The number of hydrogen-bond donors (Lipinski definition) is 0.